The fraction of sp³-hybridized carbons (Fsp3) is 0.167. The molecule has 0 aliphatic heterocycles. The van der Waals surface area contributed by atoms with E-state index in [2.05, 4.69) is 16.4 Å². The van der Waals surface area contributed by atoms with E-state index in [4.69, 9.17) is 4.74 Å². The predicted molar refractivity (Wildman–Crippen MR) is 86.6 cm³/mol. The van der Waals surface area contributed by atoms with Crippen LogP contribution in [0.15, 0.2) is 48.5 Å². The van der Waals surface area contributed by atoms with Gasteiger partial charge in [0.05, 0.1) is 18.5 Å². The van der Waals surface area contributed by atoms with Crippen LogP contribution in [-0.4, -0.2) is 22.1 Å². The number of hydrogen-bond donors (Lipinski definition) is 0. The van der Waals surface area contributed by atoms with E-state index in [0.29, 0.717) is 12.1 Å². The minimum Gasteiger partial charge on any atom is -0.497 e. The van der Waals surface area contributed by atoms with Gasteiger partial charge in [-0.05, 0) is 42.3 Å². The number of aryl methyl sites for hydroxylation is 1. The van der Waals surface area contributed by atoms with E-state index in [1.165, 1.54) is 0 Å². The van der Waals surface area contributed by atoms with Crippen LogP contribution in [0.3, 0.4) is 0 Å². The van der Waals surface area contributed by atoms with Gasteiger partial charge < -0.3 is 4.74 Å². The zero-order valence-electron chi connectivity index (χ0n) is 13.0. The first-order valence-corrected chi connectivity index (χ1v) is 7.26. The molecule has 3 rings (SSSR count). The molecule has 0 saturated heterocycles. The van der Waals surface area contributed by atoms with Gasteiger partial charge in [0.15, 0.2) is 5.69 Å². The van der Waals surface area contributed by atoms with Gasteiger partial charge in [-0.25, -0.2) is 4.68 Å². The Labute approximate surface area is 134 Å². The third-order valence-electron chi connectivity index (χ3n) is 3.65. The molecule has 0 aliphatic carbocycles. The summed E-state index contributed by atoms with van der Waals surface area (Å²) in [5.74, 6) is 0.805. The normalized spacial score (nSPS) is 10.3. The molecule has 23 heavy (non-hydrogen) atoms. The van der Waals surface area contributed by atoms with Crippen molar-refractivity contribution in [2.45, 2.75) is 13.3 Å². The topological polar surface area (TPSA) is 63.7 Å². The summed E-state index contributed by atoms with van der Waals surface area (Å²) >= 11 is 0. The van der Waals surface area contributed by atoms with Crippen LogP contribution in [0.25, 0.3) is 5.69 Å². The molecular weight excluding hydrogens is 288 g/mol. The molecule has 5 nitrogen and oxygen atoms in total. The van der Waals surface area contributed by atoms with Gasteiger partial charge in [0.1, 0.15) is 11.8 Å². The van der Waals surface area contributed by atoms with Gasteiger partial charge in [0.2, 0.25) is 0 Å². The van der Waals surface area contributed by atoms with Crippen molar-refractivity contribution in [1.82, 2.24) is 15.0 Å². The lowest BCUT2D eigenvalue weighted by Crippen LogP contribution is -2.04. The van der Waals surface area contributed by atoms with E-state index >= 15 is 0 Å². The molecule has 0 spiro atoms. The summed E-state index contributed by atoms with van der Waals surface area (Å²) in [5.41, 5.74) is 4.23. The molecule has 0 bridgehead atoms. The highest BCUT2D eigenvalue weighted by Crippen LogP contribution is 2.19. The smallest absolute Gasteiger partial charge is 0.186 e. The summed E-state index contributed by atoms with van der Waals surface area (Å²) in [4.78, 5) is 0. The first kappa shape index (κ1) is 14.8. The van der Waals surface area contributed by atoms with Crippen molar-refractivity contribution in [3.8, 4) is 17.5 Å². The van der Waals surface area contributed by atoms with Gasteiger partial charge in [0, 0.05) is 6.42 Å². The van der Waals surface area contributed by atoms with Gasteiger partial charge in [0.25, 0.3) is 0 Å². The van der Waals surface area contributed by atoms with Crippen LogP contribution >= 0.6 is 0 Å². The Morgan fingerprint density at radius 1 is 1.17 bits per heavy atom. The Morgan fingerprint density at radius 2 is 1.96 bits per heavy atom. The summed E-state index contributed by atoms with van der Waals surface area (Å²) in [6, 6.07) is 17.9. The first-order valence-electron chi connectivity index (χ1n) is 7.26. The molecule has 1 aromatic heterocycles. The van der Waals surface area contributed by atoms with Crippen LogP contribution in [0.1, 0.15) is 22.5 Å². The minimum atomic E-state index is 0.349. The van der Waals surface area contributed by atoms with Gasteiger partial charge >= 0.3 is 0 Å². The predicted octanol–water partition coefficient (Wildman–Crippen LogP) is 3.05. The number of aromatic nitrogens is 3. The quantitative estimate of drug-likeness (QED) is 0.743. The number of methoxy groups -OCH3 is 1. The highest BCUT2D eigenvalue weighted by Gasteiger charge is 2.14. The van der Waals surface area contributed by atoms with E-state index in [1.54, 1.807) is 11.8 Å². The van der Waals surface area contributed by atoms with E-state index in [0.717, 1.165) is 28.3 Å². The lowest BCUT2D eigenvalue weighted by atomic mass is 10.1. The number of nitrogens with zero attached hydrogens (tertiary/aromatic N) is 4. The lowest BCUT2D eigenvalue weighted by Gasteiger charge is -2.08. The monoisotopic (exact) mass is 304 g/mol. The maximum Gasteiger partial charge on any atom is 0.186 e. The van der Waals surface area contributed by atoms with Crippen molar-refractivity contribution >= 4 is 0 Å². The van der Waals surface area contributed by atoms with E-state index in [-0.39, 0.29) is 0 Å². The molecular formula is C18H16N4O. The van der Waals surface area contributed by atoms with Crippen LogP contribution in [0.5, 0.6) is 5.75 Å². The molecule has 1 heterocycles. The van der Waals surface area contributed by atoms with Crippen LogP contribution in [0.2, 0.25) is 0 Å². The maximum absolute atomic E-state index is 9.31. The zero-order chi connectivity index (χ0) is 16.2. The van der Waals surface area contributed by atoms with Gasteiger partial charge in [-0.2, -0.15) is 5.26 Å². The third-order valence-corrected chi connectivity index (χ3v) is 3.65. The molecule has 0 unspecified atom stereocenters. The summed E-state index contributed by atoms with van der Waals surface area (Å²) in [6.07, 6.45) is 0.577. The van der Waals surface area contributed by atoms with Crippen molar-refractivity contribution in [2.24, 2.45) is 0 Å². The van der Waals surface area contributed by atoms with Crippen molar-refractivity contribution in [3.05, 3.63) is 71.0 Å². The first-order chi connectivity index (χ1) is 11.2. The molecule has 2 aromatic carbocycles. The van der Waals surface area contributed by atoms with Gasteiger partial charge in [-0.1, -0.05) is 29.5 Å². The molecule has 0 aliphatic rings. The van der Waals surface area contributed by atoms with Crippen molar-refractivity contribution < 1.29 is 4.74 Å². The molecule has 3 aromatic rings. The van der Waals surface area contributed by atoms with Crippen LogP contribution in [0, 0.1) is 18.3 Å². The summed E-state index contributed by atoms with van der Waals surface area (Å²) in [5, 5.41) is 17.5. The molecule has 0 fully saturated rings. The SMILES string of the molecule is COc1ccc(Cc2c(C#N)nnn2-c2cccc(C)c2)cc1. The van der Waals surface area contributed by atoms with Crippen LogP contribution in [0.4, 0.5) is 0 Å². The second kappa shape index (κ2) is 6.32. The second-order valence-corrected chi connectivity index (χ2v) is 5.27. The van der Waals surface area contributed by atoms with E-state index in [1.807, 2.05) is 55.5 Å². The fourth-order valence-corrected chi connectivity index (χ4v) is 2.45. The molecule has 0 amide bonds. The Kier molecular flexibility index (Phi) is 4.07. The molecule has 0 atom stereocenters. The molecule has 114 valence electrons. The number of nitriles is 1. The largest absolute Gasteiger partial charge is 0.497 e. The van der Waals surface area contributed by atoms with Crippen LogP contribution < -0.4 is 4.74 Å². The summed E-state index contributed by atoms with van der Waals surface area (Å²) in [7, 11) is 1.64. The van der Waals surface area contributed by atoms with Crippen LogP contribution in [-0.2, 0) is 6.42 Å². The fourth-order valence-electron chi connectivity index (χ4n) is 2.45. The van der Waals surface area contributed by atoms with Crippen molar-refractivity contribution in [3.63, 3.8) is 0 Å². The van der Waals surface area contributed by atoms with E-state index in [9.17, 15) is 5.26 Å². The Bertz CT molecular complexity index is 859. The summed E-state index contributed by atoms with van der Waals surface area (Å²) in [6.45, 7) is 2.02. The number of hydrogen-bond acceptors (Lipinski definition) is 4. The molecule has 5 heteroatoms. The van der Waals surface area contributed by atoms with Gasteiger partial charge in [-0.15, -0.1) is 5.10 Å². The number of ether oxygens (including phenoxy) is 1. The van der Waals surface area contributed by atoms with Crippen molar-refractivity contribution in [1.29, 1.82) is 5.26 Å². The highest BCUT2D eigenvalue weighted by atomic mass is 16.5. The van der Waals surface area contributed by atoms with E-state index < -0.39 is 0 Å². The lowest BCUT2D eigenvalue weighted by molar-refractivity contribution is 0.414. The Hall–Kier alpha value is -3.13. The average molecular weight is 304 g/mol. The Morgan fingerprint density at radius 3 is 2.61 bits per heavy atom. The second-order valence-electron chi connectivity index (χ2n) is 5.27. The third kappa shape index (κ3) is 3.06. The number of rotatable bonds is 4. The zero-order valence-corrected chi connectivity index (χ0v) is 13.0. The minimum absolute atomic E-state index is 0.349. The standard InChI is InChI=1S/C18H16N4O/c1-13-4-3-5-15(10-13)22-18(17(12-19)20-21-22)11-14-6-8-16(23-2)9-7-14/h3-10H,11H2,1-2H3. The van der Waals surface area contributed by atoms with Gasteiger partial charge in [-0.3, -0.25) is 0 Å². The highest BCUT2D eigenvalue weighted by molar-refractivity contribution is 5.41. The Balaban J connectivity index is 2.00. The molecule has 0 radical (unpaired) electrons. The summed E-state index contributed by atoms with van der Waals surface area (Å²) < 4.78 is 6.91. The number of benzene rings is 2. The molecule has 0 N–H and O–H groups in total. The molecule has 0 saturated carbocycles. The van der Waals surface area contributed by atoms with Crippen molar-refractivity contribution in [2.75, 3.05) is 7.11 Å². The average Bonchev–Trinajstić information content (AvgIpc) is 2.98. The maximum atomic E-state index is 9.31.